The number of hydrogen-bond acceptors (Lipinski definition) is 5. The molecule has 8 nitrogen and oxygen atoms in total. The second-order valence-electron chi connectivity index (χ2n) is 6.75. The normalized spacial score (nSPS) is 16.9. The number of amides is 2. The molecule has 2 aromatic rings. The van der Waals surface area contributed by atoms with Crippen molar-refractivity contribution in [2.45, 2.75) is 19.4 Å². The lowest BCUT2D eigenvalue weighted by Gasteiger charge is -2.31. The molecule has 0 bridgehead atoms. The van der Waals surface area contributed by atoms with Gasteiger partial charge in [-0.2, -0.15) is 5.10 Å². The summed E-state index contributed by atoms with van der Waals surface area (Å²) >= 11 is 0. The van der Waals surface area contributed by atoms with E-state index in [2.05, 4.69) is 10.4 Å². The second-order valence-corrected chi connectivity index (χ2v) is 6.75. The second kappa shape index (κ2) is 9.36. The van der Waals surface area contributed by atoms with Gasteiger partial charge in [0.05, 0.1) is 25.8 Å². The van der Waals surface area contributed by atoms with E-state index < -0.39 is 0 Å². The average Bonchev–Trinajstić information content (AvgIpc) is 3.20. The van der Waals surface area contributed by atoms with Crippen molar-refractivity contribution in [3.8, 4) is 11.4 Å². The largest absolute Gasteiger partial charge is 0.494 e. The van der Waals surface area contributed by atoms with E-state index in [1.165, 1.54) is 0 Å². The number of aromatic nitrogens is 2. The molecule has 1 N–H and O–H groups in total. The fraction of sp³-hybridized carbons (Fsp3) is 0.450. The Balaban J connectivity index is 1.56. The summed E-state index contributed by atoms with van der Waals surface area (Å²) in [6.07, 6.45) is 4.57. The molecule has 8 heteroatoms. The molecule has 2 heterocycles. The highest BCUT2D eigenvalue weighted by Gasteiger charge is 2.29. The highest BCUT2D eigenvalue weighted by Crippen LogP contribution is 2.22. The van der Waals surface area contributed by atoms with Crippen LogP contribution in [0, 0.1) is 5.92 Å². The Morgan fingerprint density at radius 1 is 1.32 bits per heavy atom. The van der Waals surface area contributed by atoms with Gasteiger partial charge in [0.25, 0.3) is 0 Å². The average molecular weight is 386 g/mol. The van der Waals surface area contributed by atoms with E-state index in [9.17, 15) is 9.59 Å². The standard InChI is InChI=1S/C20H26N4O4/c1-27-10-9-23-14-16(7-8-19(23)25)20(26)21-11-15-12-22-24(13-15)17-5-3-4-6-18(17)28-2/h3-6,12-13,16H,7-11,14H2,1-2H3,(H,21,26)/t16-/m0/s1. The monoisotopic (exact) mass is 386 g/mol. The smallest absolute Gasteiger partial charge is 0.225 e. The number of carbonyl (C=O) groups is 2. The molecule has 1 fully saturated rings. The zero-order valence-electron chi connectivity index (χ0n) is 16.3. The Bertz CT molecular complexity index is 820. The lowest BCUT2D eigenvalue weighted by Crippen LogP contribution is -2.46. The van der Waals surface area contributed by atoms with Gasteiger partial charge in [-0.05, 0) is 18.6 Å². The maximum absolute atomic E-state index is 12.5. The Hall–Kier alpha value is -2.87. The Labute approximate surface area is 164 Å². The van der Waals surface area contributed by atoms with Gasteiger partial charge in [-0.3, -0.25) is 9.59 Å². The lowest BCUT2D eigenvalue weighted by molar-refractivity contribution is -0.138. The van der Waals surface area contributed by atoms with Crippen LogP contribution in [-0.2, 0) is 20.9 Å². The van der Waals surface area contributed by atoms with Crippen molar-refractivity contribution in [3.63, 3.8) is 0 Å². The summed E-state index contributed by atoms with van der Waals surface area (Å²) in [4.78, 5) is 26.2. The van der Waals surface area contributed by atoms with Crippen LogP contribution in [0.25, 0.3) is 5.69 Å². The van der Waals surface area contributed by atoms with Crippen molar-refractivity contribution < 1.29 is 19.1 Å². The number of rotatable bonds is 8. The number of nitrogens with zero attached hydrogens (tertiary/aromatic N) is 3. The minimum Gasteiger partial charge on any atom is -0.494 e. The van der Waals surface area contributed by atoms with E-state index in [0.29, 0.717) is 39.1 Å². The number of ether oxygens (including phenoxy) is 2. The van der Waals surface area contributed by atoms with Crippen molar-refractivity contribution in [2.75, 3.05) is 33.9 Å². The third kappa shape index (κ3) is 4.69. The van der Waals surface area contributed by atoms with E-state index >= 15 is 0 Å². The van der Waals surface area contributed by atoms with Gasteiger partial charge in [-0.15, -0.1) is 0 Å². The van der Waals surface area contributed by atoms with Gasteiger partial charge in [0.1, 0.15) is 11.4 Å². The number of benzene rings is 1. The quantitative estimate of drug-likeness (QED) is 0.741. The van der Waals surface area contributed by atoms with Gasteiger partial charge in [-0.1, -0.05) is 12.1 Å². The first-order chi connectivity index (χ1) is 13.6. The molecule has 1 aromatic carbocycles. The minimum absolute atomic E-state index is 0.0417. The molecule has 28 heavy (non-hydrogen) atoms. The molecule has 2 amide bonds. The predicted octanol–water partition coefficient (Wildman–Crippen LogP) is 1.38. The topological polar surface area (TPSA) is 85.7 Å². The maximum atomic E-state index is 12.5. The van der Waals surface area contributed by atoms with Crippen molar-refractivity contribution in [1.82, 2.24) is 20.0 Å². The summed E-state index contributed by atoms with van der Waals surface area (Å²) in [5.74, 6) is 0.571. The summed E-state index contributed by atoms with van der Waals surface area (Å²) in [5.41, 5.74) is 1.73. The maximum Gasteiger partial charge on any atom is 0.225 e. The van der Waals surface area contributed by atoms with Gasteiger partial charge >= 0.3 is 0 Å². The van der Waals surface area contributed by atoms with E-state index in [-0.39, 0.29) is 17.7 Å². The fourth-order valence-corrected chi connectivity index (χ4v) is 3.28. The van der Waals surface area contributed by atoms with Gasteiger partial charge < -0.3 is 19.7 Å². The zero-order chi connectivity index (χ0) is 19.9. The molecule has 0 unspecified atom stereocenters. The van der Waals surface area contributed by atoms with E-state index in [1.54, 1.807) is 30.0 Å². The number of carbonyl (C=O) groups excluding carboxylic acids is 2. The van der Waals surface area contributed by atoms with Crippen LogP contribution in [0.15, 0.2) is 36.7 Å². The first-order valence-corrected chi connectivity index (χ1v) is 9.33. The van der Waals surface area contributed by atoms with Crippen molar-refractivity contribution >= 4 is 11.8 Å². The third-order valence-corrected chi connectivity index (χ3v) is 4.87. The first-order valence-electron chi connectivity index (χ1n) is 9.33. The van der Waals surface area contributed by atoms with Crippen LogP contribution in [0.4, 0.5) is 0 Å². The number of nitrogens with one attached hydrogen (secondary N) is 1. The summed E-state index contributed by atoms with van der Waals surface area (Å²) in [5, 5.41) is 7.32. The molecular formula is C20H26N4O4. The number of likely N-dealkylation sites (tertiary alicyclic amines) is 1. The zero-order valence-corrected chi connectivity index (χ0v) is 16.3. The van der Waals surface area contributed by atoms with Crippen molar-refractivity contribution in [2.24, 2.45) is 5.92 Å². The molecule has 1 aromatic heterocycles. The van der Waals surface area contributed by atoms with Gasteiger partial charge in [0.2, 0.25) is 11.8 Å². The SMILES string of the molecule is COCCN1C[C@@H](C(=O)NCc2cnn(-c3ccccc3OC)c2)CCC1=O. The molecule has 0 aliphatic carbocycles. The van der Waals surface area contributed by atoms with Crippen LogP contribution < -0.4 is 10.1 Å². The molecule has 1 aliphatic heterocycles. The van der Waals surface area contributed by atoms with E-state index in [4.69, 9.17) is 9.47 Å². The minimum atomic E-state index is -0.196. The Kier molecular flexibility index (Phi) is 6.65. The van der Waals surface area contributed by atoms with Crippen LogP contribution in [0.3, 0.4) is 0 Å². The van der Waals surface area contributed by atoms with E-state index in [0.717, 1.165) is 17.0 Å². The van der Waals surface area contributed by atoms with Gasteiger partial charge in [0.15, 0.2) is 0 Å². The van der Waals surface area contributed by atoms with Crippen LogP contribution in [0.5, 0.6) is 5.75 Å². The van der Waals surface area contributed by atoms with Crippen LogP contribution in [0.2, 0.25) is 0 Å². The number of para-hydroxylation sites is 2. The van der Waals surface area contributed by atoms with Gasteiger partial charge in [0, 0.05) is 44.9 Å². The number of piperidine rings is 1. The third-order valence-electron chi connectivity index (χ3n) is 4.87. The Morgan fingerprint density at radius 2 is 2.14 bits per heavy atom. The highest BCUT2D eigenvalue weighted by atomic mass is 16.5. The Morgan fingerprint density at radius 3 is 2.93 bits per heavy atom. The molecule has 1 saturated heterocycles. The molecular weight excluding hydrogens is 360 g/mol. The van der Waals surface area contributed by atoms with Crippen LogP contribution in [0.1, 0.15) is 18.4 Å². The molecule has 150 valence electrons. The summed E-state index contributed by atoms with van der Waals surface area (Å²) < 4.78 is 12.1. The number of methoxy groups -OCH3 is 2. The highest BCUT2D eigenvalue weighted by molar-refractivity contribution is 5.83. The summed E-state index contributed by atoms with van der Waals surface area (Å²) in [6.45, 7) is 1.82. The molecule has 1 aliphatic rings. The van der Waals surface area contributed by atoms with Crippen LogP contribution >= 0.6 is 0 Å². The first kappa shape index (κ1) is 19.9. The fourth-order valence-electron chi connectivity index (χ4n) is 3.28. The van der Waals surface area contributed by atoms with Crippen LogP contribution in [-0.4, -0.2) is 60.4 Å². The van der Waals surface area contributed by atoms with Crippen molar-refractivity contribution in [3.05, 3.63) is 42.2 Å². The van der Waals surface area contributed by atoms with E-state index in [1.807, 2.05) is 30.5 Å². The number of hydrogen-bond donors (Lipinski definition) is 1. The lowest BCUT2D eigenvalue weighted by atomic mass is 9.96. The van der Waals surface area contributed by atoms with Gasteiger partial charge in [-0.25, -0.2) is 4.68 Å². The summed E-state index contributed by atoms with van der Waals surface area (Å²) in [7, 11) is 3.22. The van der Waals surface area contributed by atoms with Crippen molar-refractivity contribution in [1.29, 1.82) is 0 Å². The molecule has 1 atom stereocenters. The molecule has 0 saturated carbocycles. The molecule has 0 spiro atoms. The predicted molar refractivity (Wildman–Crippen MR) is 103 cm³/mol. The molecule has 3 rings (SSSR count). The molecule has 0 radical (unpaired) electrons. The summed E-state index contributed by atoms with van der Waals surface area (Å²) in [6, 6.07) is 7.61.